The van der Waals surface area contributed by atoms with E-state index >= 15 is 13.2 Å². The number of aromatic nitrogens is 14. The van der Waals surface area contributed by atoms with Gasteiger partial charge in [0.15, 0.2) is 23.3 Å². The maximum Gasteiger partial charge on any atom is 0.416 e. The molecule has 0 aliphatic carbocycles. The van der Waals surface area contributed by atoms with Gasteiger partial charge in [0.05, 0.1) is 50.6 Å². The average Bonchev–Trinajstić information content (AvgIpc) is 4.02. The van der Waals surface area contributed by atoms with Crippen molar-refractivity contribution in [1.29, 1.82) is 5.26 Å². The summed E-state index contributed by atoms with van der Waals surface area (Å²) in [6.07, 6.45) is -4.75. The van der Waals surface area contributed by atoms with Crippen LogP contribution in [0.15, 0.2) is 109 Å². The Balaban J connectivity index is 1.16. The van der Waals surface area contributed by atoms with E-state index in [1.165, 1.54) is 6.07 Å². The predicted molar refractivity (Wildman–Crippen MR) is 283 cm³/mol. The Bertz CT molecular complexity index is 4180. The predicted octanol–water partition coefficient (Wildman–Crippen LogP) is 12.3. The molecule has 12 aromatic rings. The molecule has 0 bridgehead atoms. The first-order valence-electron chi connectivity index (χ1n) is 24.2. The van der Waals surface area contributed by atoms with Crippen LogP contribution < -0.4 is 0 Å². The number of benzene rings is 6. The quantitative estimate of drug-likeness (QED) is 0.147. The van der Waals surface area contributed by atoms with Crippen LogP contribution in [0.25, 0.3) is 112 Å². The summed E-state index contributed by atoms with van der Waals surface area (Å²) in [5.41, 5.74) is 6.18. The lowest BCUT2D eigenvalue weighted by atomic mass is 9.94. The van der Waals surface area contributed by atoms with Gasteiger partial charge in [0.2, 0.25) is 0 Å². The van der Waals surface area contributed by atoms with Gasteiger partial charge in [-0.3, -0.25) is 0 Å². The van der Waals surface area contributed by atoms with E-state index in [-0.39, 0.29) is 16.7 Å². The van der Waals surface area contributed by atoms with Gasteiger partial charge >= 0.3 is 6.18 Å². The third kappa shape index (κ3) is 8.18. The number of alkyl halides is 3. The summed E-state index contributed by atoms with van der Waals surface area (Å²) in [6, 6.07) is 34.6. The van der Waals surface area contributed by atoms with Crippen LogP contribution in [0.5, 0.6) is 0 Å². The van der Waals surface area contributed by atoms with Gasteiger partial charge in [0.1, 0.15) is 46.6 Å². The Kier molecular flexibility index (Phi) is 11.0. The number of hydrogen-bond acceptors (Lipinski definition) is 13. The lowest BCUT2D eigenvalue weighted by Crippen LogP contribution is -2.08. The SMILES string of the molecule is Cc1nc(C)nc(-c2ccc3c(c2)c2cc(-c4nc(C)nc(C)n4)ccc2n3-c2ccc(C(F)(F)F)cc2-c2c(C#N)cccc2-n2c3ccc(-c4nc(C)nc(C)n4)cc3c3cc(-c4nc(C)nc(C)n4)ccc32)n1. The number of aryl methyl sites for hydroxylation is 8. The number of nitriles is 1. The number of halogens is 3. The fraction of sp³-hybridized carbons (Fsp3) is 0.155. The molecule has 0 spiro atoms. The first-order valence-corrected chi connectivity index (χ1v) is 24.2. The van der Waals surface area contributed by atoms with Crippen LogP contribution in [0.2, 0.25) is 0 Å². The van der Waals surface area contributed by atoms with Crippen molar-refractivity contribution in [1.82, 2.24) is 68.9 Å². The van der Waals surface area contributed by atoms with Crippen molar-refractivity contribution in [3.05, 3.63) is 167 Å². The largest absolute Gasteiger partial charge is 0.416 e. The van der Waals surface area contributed by atoms with Crippen molar-refractivity contribution < 1.29 is 13.2 Å². The van der Waals surface area contributed by atoms with Gasteiger partial charge in [-0.2, -0.15) is 18.4 Å². The molecule has 76 heavy (non-hydrogen) atoms. The summed E-state index contributed by atoms with van der Waals surface area (Å²) < 4.78 is 49.8. The minimum absolute atomic E-state index is 0.153. The second-order valence-corrected chi connectivity index (χ2v) is 18.7. The summed E-state index contributed by atoms with van der Waals surface area (Å²) in [5, 5.41) is 14.2. The molecule has 0 amide bonds. The average molecular weight is 1010 g/mol. The highest BCUT2D eigenvalue weighted by Crippen LogP contribution is 2.46. The van der Waals surface area contributed by atoms with Crippen molar-refractivity contribution in [2.75, 3.05) is 0 Å². The zero-order valence-corrected chi connectivity index (χ0v) is 42.2. The molecule has 0 aliphatic heterocycles. The van der Waals surface area contributed by atoms with Gasteiger partial charge in [-0.25, -0.2) is 59.8 Å². The van der Waals surface area contributed by atoms with Crippen molar-refractivity contribution >= 4 is 43.6 Å². The van der Waals surface area contributed by atoms with E-state index in [4.69, 9.17) is 0 Å². The first-order chi connectivity index (χ1) is 36.5. The lowest BCUT2D eigenvalue weighted by molar-refractivity contribution is -0.137. The number of nitrogens with zero attached hydrogens (tertiary/aromatic N) is 15. The van der Waals surface area contributed by atoms with Crippen LogP contribution in [0.3, 0.4) is 0 Å². The smallest absolute Gasteiger partial charge is 0.309 e. The van der Waals surface area contributed by atoms with Crippen molar-refractivity contribution in [2.45, 2.75) is 61.6 Å². The van der Waals surface area contributed by atoms with Crippen LogP contribution in [-0.4, -0.2) is 68.9 Å². The van der Waals surface area contributed by atoms with Crippen LogP contribution in [-0.2, 0) is 6.18 Å². The second-order valence-electron chi connectivity index (χ2n) is 18.7. The Labute approximate surface area is 432 Å². The molecule has 0 fully saturated rings. The molecular weight excluding hydrogens is 964 g/mol. The summed E-state index contributed by atoms with van der Waals surface area (Å²) in [5.74, 6) is 6.38. The number of hydrogen-bond donors (Lipinski definition) is 0. The van der Waals surface area contributed by atoms with Crippen molar-refractivity contribution in [3.8, 4) is 74.1 Å². The van der Waals surface area contributed by atoms with E-state index in [0.29, 0.717) is 114 Å². The second kappa shape index (κ2) is 17.7. The topological polar surface area (TPSA) is 188 Å². The summed E-state index contributed by atoms with van der Waals surface area (Å²) in [7, 11) is 0. The van der Waals surface area contributed by atoms with Crippen LogP contribution >= 0.6 is 0 Å². The Morgan fingerprint density at radius 2 is 0.711 bits per heavy atom. The van der Waals surface area contributed by atoms with E-state index in [0.717, 1.165) is 44.8 Å². The molecule has 12 rings (SSSR count). The maximum absolute atomic E-state index is 15.3. The molecule has 0 radical (unpaired) electrons. The van der Waals surface area contributed by atoms with Gasteiger partial charge in [0.25, 0.3) is 0 Å². The molecule has 0 saturated heterocycles. The zero-order valence-electron chi connectivity index (χ0n) is 42.2. The van der Waals surface area contributed by atoms with Crippen molar-refractivity contribution in [2.24, 2.45) is 0 Å². The fourth-order valence-electron chi connectivity index (χ4n) is 10.3. The Hall–Kier alpha value is -9.76. The van der Waals surface area contributed by atoms with Gasteiger partial charge in [-0.05, 0) is 159 Å². The van der Waals surface area contributed by atoms with Crippen LogP contribution in [0.4, 0.5) is 13.2 Å². The number of fused-ring (bicyclic) bond motifs is 6. The van der Waals surface area contributed by atoms with Crippen LogP contribution in [0.1, 0.15) is 57.7 Å². The first kappa shape index (κ1) is 47.3. The third-order valence-corrected chi connectivity index (χ3v) is 13.2. The lowest BCUT2D eigenvalue weighted by Gasteiger charge is -2.21. The molecule has 6 heterocycles. The van der Waals surface area contributed by atoms with Gasteiger partial charge in [-0.1, -0.05) is 6.07 Å². The monoisotopic (exact) mass is 1010 g/mol. The Morgan fingerprint density at radius 3 is 1.03 bits per heavy atom. The minimum Gasteiger partial charge on any atom is -0.309 e. The standard InChI is InChI=1S/C58H42F3N15/c1-28-63-29(2)68-54(67-28)36-12-17-47-42(22-36)43-23-37(55-69-30(3)64-31(4)70-55)13-18-48(43)75(47)51-21-16-41(58(59,60)61)26-46(51)53-40(27-62)10-9-11-52(53)76-49-19-14-38(56-71-32(5)65-33(6)72-56)24-44(49)45-25-39(15-20-50(45)76)57-73-34(7)66-35(8)74-57/h9-26H,1-8H3. The highest BCUT2D eigenvalue weighted by molar-refractivity contribution is 6.14. The normalized spacial score (nSPS) is 11.9. The highest BCUT2D eigenvalue weighted by atomic mass is 19.4. The summed E-state index contributed by atoms with van der Waals surface area (Å²) >= 11 is 0. The molecule has 0 atom stereocenters. The van der Waals surface area contributed by atoms with E-state index in [2.05, 4.69) is 65.9 Å². The molecule has 6 aromatic heterocycles. The molecule has 6 aromatic carbocycles. The third-order valence-electron chi connectivity index (χ3n) is 13.2. The Morgan fingerprint density at radius 1 is 0.382 bits per heavy atom. The summed E-state index contributed by atoms with van der Waals surface area (Å²) in [4.78, 5) is 54.9. The minimum atomic E-state index is -4.75. The highest BCUT2D eigenvalue weighted by Gasteiger charge is 2.33. The molecule has 15 nitrogen and oxygen atoms in total. The van der Waals surface area contributed by atoms with E-state index in [1.807, 2.05) is 116 Å². The van der Waals surface area contributed by atoms with E-state index < -0.39 is 11.7 Å². The zero-order chi connectivity index (χ0) is 52.9. The molecule has 18 heteroatoms. The van der Waals surface area contributed by atoms with Crippen molar-refractivity contribution in [3.63, 3.8) is 0 Å². The molecular formula is C58H42F3N15. The van der Waals surface area contributed by atoms with E-state index in [9.17, 15) is 5.26 Å². The molecule has 0 N–H and O–H groups in total. The van der Waals surface area contributed by atoms with Crippen LogP contribution in [0, 0.1) is 66.7 Å². The van der Waals surface area contributed by atoms with E-state index in [1.54, 1.807) is 39.8 Å². The number of rotatable bonds is 7. The fourth-order valence-corrected chi connectivity index (χ4v) is 10.3. The molecule has 0 aliphatic rings. The molecule has 370 valence electrons. The van der Waals surface area contributed by atoms with Gasteiger partial charge in [0, 0.05) is 54.9 Å². The maximum atomic E-state index is 15.3. The molecule has 0 unspecified atom stereocenters. The van der Waals surface area contributed by atoms with Gasteiger partial charge < -0.3 is 9.13 Å². The summed E-state index contributed by atoms with van der Waals surface area (Å²) in [6.45, 7) is 14.5. The molecule has 0 saturated carbocycles. The van der Waals surface area contributed by atoms with Gasteiger partial charge in [-0.15, -0.1) is 0 Å².